The van der Waals surface area contributed by atoms with E-state index in [2.05, 4.69) is 32.1 Å². The van der Waals surface area contributed by atoms with E-state index in [9.17, 15) is 14.9 Å². The van der Waals surface area contributed by atoms with Gasteiger partial charge >= 0.3 is 0 Å². The molecule has 12 nitrogen and oxygen atoms in total. The van der Waals surface area contributed by atoms with Crippen LogP contribution in [0.25, 0.3) is 16.7 Å². The minimum Gasteiger partial charge on any atom is -0.494 e. The Morgan fingerprint density at radius 3 is 2.64 bits per heavy atom. The highest BCUT2D eigenvalue weighted by Gasteiger charge is 2.17. The number of anilines is 4. The number of amides is 1. The number of nitro benzene ring substituents is 1. The number of rotatable bonds is 11. The molecular formula is C27H30N8O4. The number of nitrogens with one attached hydrogen (secondary N) is 2. The van der Waals surface area contributed by atoms with Crippen LogP contribution in [0, 0.1) is 10.1 Å². The van der Waals surface area contributed by atoms with Crippen LogP contribution < -0.4 is 20.3 Å². The molecule has 0 radical (unpaired) electrons. The number of hydrogen-bond donors (Lipinski definition) is 2. The van der Waals surface area contributed by atoms with E-state index in [0.29, 0.717) is 28.9 Å². The van der Waals surface area contributed by atoms with E-state index in [0.717, 1.165) is 29.7 Å². The Hall–Kier alpha value is -4.97. The fourth-order valence-corrected chi connectivity index (χ4v) is 4.01. The first-order valence-electron chi connectivity index (χ1n) is 12.1. The number of non-ortho nitro benzene ring substituents is 1. The highest BCUT2D eigenvalue weighted by Crippen LogP contribution is 2.38. The van der Waals surface area contributed by atoms with E-state index in [4.69, 9.17) is 4.74 Å². The lowest BCUT2D eigenvalue weighted by atomic mass is 10.2. The Kier molecular flexibility index (Phi) is 8.06. The number of ether oxygens (including phenoxy) is 1. The second-order valence-corrected chi connectivity index (χ2v) is 9.04. The fraction of sp³-hybridized carbons (Fsp3) is 0.222. The van der Waals surface area contributed by atoms with E-state index < -0.39 is 4.92 Å². The number of nitrogens with zero attached hydrogens (tertiary/aromatic N) is 6. The topological polar surface area (TPSA) is 131 Å². The SMILES string of the molecule is C=CC(=O)Nc1cc(Nc2nccc(-n3ccc4cc([N+](=O)[O-])ccc43)n2)c(OC)cc1N(C)CCN(C)C. The molecule has 2 aromatic carbocycles. The summed E-state index contributed by atoms with van der Waals surface area (Å²) in [5, 5.41) is 17.9. The summed E-state index contributed by atoms with van der Waals surface area (Å²) in [4.78, 5) is 36.0. The van der Waals surface area contributed by atoms with E-state index in [1.165, 1.54) is 18.2 Å². The molecule has 2 heterocycles. The number of fused-ring (bicyclic) bond motifs is 1. The average molecular weight is 531 g/mol. The minimum atomic E-state index is -0.423. The van der Waals surface area contributed by atoms with Crippen LogP contribution in [0.5, 0.6) is 5.75 Å². The van der Waals surface area contributed by atoms with Crippen LogP contribution in [0.4, 0.5) is 28.7 Å². The maximum atomic E-state index is 12.2. The van der Waals surface area contributed by atoms with E-state index in [-0.39, 0.29) is 11.6 Å². The minimum absolute atomic E-state index is 0.0209. The van der Waals surface area contributed by atoms with Crippen molar-refractivity contribution in [1.29, 1.82) is 0 Å². The van der Waals surface area contributed by atoms with E-state index in [1.807, 2.05) is 36.7 Å². The summed E-state index contributed by atoms with van der Waals surface area (Å²) < 4.78 is 7.48. The maximum absolute atomic E-state index is 12.2. The number of benzene rings is 2. The largest absolute Gasteiger partial charge is 0.494 e. The highest BCUT2D eigenvalue weighted by atomic mass is 16.6. The Balaban J connectivity index is 1.69. The molecule has 4 aromatic rings. The predicted octanol–water partition coefficient (Wildman–Crippen LogP) is 4.20. The normalized spacial score (nSPS) is 10.9. The van der Waals surface area contributed by atoms with Crippen LogP contribution in [-0.2, 0) is 4.79 Å². The van der Waals surface area contributed by atoms with Gasteiger partial charge in [-0.25, -0.2) is 4.98 Å². The number of aromatic nitrogens is 3. The van der Waals surface area contributed by atoms with Crippen molar-refractivity contribution in [3.63, 3.8) is 0 Å². The van der Waals surface area contributed by atoms with Crippen molar-refractivity contribution < 1.29 is 14.5 Å². The summed E-state index contributed by atoms with van der Waals surface area (Å²) in [5.41, 5.74) is 2.68. The molecular weight excluding hydrogens is 500 g/mol. The molecule has 202 valence electrons. The first-order chi connectivity index (χ1) is 18.7. The van der Waals surface area contributed by atoms with E-state index >= 15 is 0 Å². The molecule has 0 aliphatic rings. The van der Waals surface area contributed by atoms with Crippen molar-refractivity contribution in [2.24, 2.45) is 0 Å². The molecule has 2 N–H and O–H groups in total. The lowest BCUT2D eigenvalue weighted by Crippen LogP contribution is -2.29. The molecule has 0 fully saturated rings. The number of carbonyl (C=O) groups is 1. The summed E-state index contributed by atoms with van der Waals surface area (Å²) in [6.45, 7) is 5.09. The zero-order valence-corrected chi connectivity index (χ0v) is 22.2. The molecule has 0 saturated carbocycles. The predicted molar refractivity (Wildman–Crippen MR) is 152 cm³/mol. The van der Waals surface area contributed by atoms with Crippen molar-refractivity contribution in [3.8, 4) is 11.6 Å². The molecule has 0 aliphatic carbocycles. The number of carbonyl (C=O) groups excluding carboxylic acids is 1. The molecule has 39 heavy (non-hydrogen) atoms. The van der Waals surface area contributed by atoms with Crippen molar-refractivity contribution in [3.05, 3.63) is 77.6 Å². The zero-order valence-electron chi connectivity index (χ0n) is 22.2. The zero-order chi connectivity index (χ0) is 28.1. The van der Waals surface area contributed by atoms with Gasteiger partial charge < -0.3 is 29.7 Å². The van der Waals surface area contributed by atoms with Crippen molar-refractivity contribution in [1.82, 2.24) is 19.4 Å². The number of likely N-dealkylation sites (N-methyl/N-ethyl adjacent to an activating group) is 2. The fourth-order valence-electron chi connectivity index (χ4n) is 4.01. The van der Waals surface area contributed by atoms with Gasteiger partial charge in [-0.05, 0) is 44.4 Å². The monoisotopic (exact) mass is 530 g/mol. The second kappa shape index (κ2) is 11.6. The van der Waals surface area contributed by atoms with Gasteiger partial charge in [0, 0.05) is 56.1 Å². The van der Waals surface area contributed by atoms with Gasteiger partial charge in [0.25, 0.3) is 5.69 Å². The van der Waals surface area contributed by atoms with E-state index in [1.54, 1.807) is 43.8 Å². The quantitative estimate of drug-likeness (QED) is 0.166. The maximum Gasteiger partial charge on any atom is 0.270 e. The lowest BCUT2D eigenvalue weighted by Gasteiger charge is -2.26. The lowest BCUT2D eigenvalue weighted by molar-refractivity contribution is -0.384. The highest BCUT2D eigenvalue weighted by molar-refractivity contribution is 6.02. The Morgan fingerprint density at radius 1 is 1.15 bits per heavy atom. The molecule has 0 atom stereocenters. The van der Waals surface area contributed by atoms with Crippen LogP contribution in [0.15, 0.2) is 67.5 Å². The standard InChI is InChI=1S/C27H30N8O4/c1-6-26(36)29-20-16-21(24(39-5)17-23(20)33(4)14-13-32(2)3)30-27-28-11-9-25(31-27)34-12-10-18-15-19(35(37)38)7-8-22(18)34/h6-12,15-17H,1,13-14H2,2-5H3,(H,29,36)(H,28,30,31). The van der Waals surface area contributed by atoms with Gasteiger partial charge in [-0.15, -0.1) is 0 Å². The molecule has 2 aromatic heterocycles. The Labute approximate surface area is 225 Å². The van der Waals surface area contributed by atoms with Crippen LogP contribution in [0.2, 0.25) is 0 Å². The van der Waals surface area contributed by atoms with Crippen molar-refractivity contribution in [2.45, 2.75) is 0 Å². The van der Waals surface area contributed by atoms with Gasteiger partial charge in [-0.2, -0.15) is 4.98 Å². The Morgan fingerprint density at radius 2 is 1.95 bits per heavy atom. The van der Waals surface area contributed by atoms with Crippen molar-refractivity contribution in [2.75, 3.05) is 56.9 Å². The Bertz CT molecular complexity index is 1530. The summed E-state index contributed by atoms with van der Waals surface area (Å²) in [6.07, 6.45) is 4.62. The molecule has 0 saturated heterocycles. The first-order valence-corrected chi connectivity index (χ1v) is 12.1. The van der Waals surface area contributed by atoms with Gasteiger partial charge in [0.1, 0.15) is 11.6 Å². The summed E-state index contributed by atoms with van der Waals surface area (Å²) in [5.74, 6) is 1.05. The molecule has 0 aliphatic heterocycles. The van der Waals surface area contributed by atoms with Crippen LogP contribution in [-0.4, -0.2) is 71.6 Å². The number of nitro groups is 1. The van der Waals surface area contributed by atoms with Crippen molar-refractivity contribution >= 4 is 45.5 Å². The van der Waals surface area contributed by atoms with Gasteiger partial charge in [0.15, 0.2) is 0 Å². The molecule has 1 amide bonds. The smallest absolute Gasteiger partial charge is 0.270 e. The van der Waals surface area contributed by atoms with Gasteiger partial charge in [-0.3, -0.25) is 14.9 Å². The molecule has 0 bridgehead atoms. The van der Waals surface area contributed by atoms with Gasteiger partial charge in [0.2, 0.25) is 11.9 Å². The first kappa shape index (κ1) is 27.1. The summed E-state index contributed by atoms with van der Waals surface area (Å²) >= 11 is 0. The van der Waals surface area contributed by atoms with Gasteiger partial charge in [-0.1, -0.05) is 6.58 Å². The third kappa shape index (κ3) is 6.13. The summed E-state index contributed by atoms with van der Waals surface area (Å²) in [7, 11) is 7.50. The molecule has 0 spiro atoms. The molecule has 4 rings (SSSR count). The third-order valence-corrected chi connectivity index (χ3v) is 6.07. The van der Waals surface area contributed by atoms with Crippen LogP contribution >= 0.6 is 0 Å². The van der Waals surface area contributed by atoms with Crippen LogP contribution in [0.1, 0.15) is 0 Å². The van der Waals surface area contributed by atoms with Gasteiger partial charge in [0.05, 0.1) is 34.6 Å². The molecule has 12 heteroatoms. The third-order valence-electron chi connectivity index (χ3n) is 6.07. The van der Waals surface area contributed by atoms with Crippen LogP contribution in [0.3, 0.4) is 0 Å². The number of hydrogen-bond acceptors (Lipinski definition) is 9. The molecule has 0 unspecified atom stereocenters. The second-order valence-electron chi connectivity index (χ2n) is 9.04. The number of methoxy groups -OCH3 is 1. The average Bonchev–Trinajstić information content (AvgIpc) is 3.35. The summed E-state index contributed by atoms with van der Waals surface area (Å²) in [6, 6.07) is 11.8.